The summed E-state index contributed by atoms with van der Waals surface area (Å²) in [5, 5.41) is 9.33. The van der Waals surface area contributed by atoms with Crippen LogP contribution in [0.15, 0.2) is 76.7 Å². The molecule has 2 N–H and O–H groups in total. The second-order valence-electron chi connectivity index (χ2n) is 8.17. The lowest BCUT2D eigenvalue weighted by Gasteiger charge is -2.27. The average molecular weight is 528 g/mol. The molecule has 0 spiro atoms. The molecule has 0 fully saturated rings. The number of alkyl halides is 5. The van der Waals surface area contributed by atoms with E-state index in [1.54, 1.807) is 19.1 Å². The van der Waals surface area contributed by atoms with Crippen molar-refractivity contribution in [3.8, 4) is 5.75 Å². The second kappa shape index (κ2) is 9.58. The maximum atomic E-state index is 13.3. The molecule has 1 aromatic heterocycles. The fourth-order valence-corrected chi connectivity index (χ4v) is 5.28. The smallest absolute Gasteiger partial charge is 0.416 e. The molecule has 2 heterocycles. The number of sulfone groups is 1. The molecule has 0 amide bonds. The fourth-order valence-electron chi connectivity index (χ4n) is 3.92. The first kappa shape index (κ1) is 25.7. The first-order valence-electron chi connectivity index (χ1n) is 10.7. The highest BCUT2D eigenvalue weighted by Crippen LogP contribution is 2.42. The Hall–Kier alpha value is -3.38. The highest BCUT2D eigenvalue weighted by atomic mass is 32.2. The number of hydrogen-bond acceptors (Lipinski definition) is 5. The van der Waals surface area contributed by atoms with Gasteiger partial charge in [0.2, 0.25) is 0 Å². The van der Waals surface area contributed by atoms with Crippen molar-refractivity contribution in [2.45, 2.75) is 24.8 Å². The molecule has 1 aliphatic heterocycles. The summed E-state index contributed by atoms with van der Waals surface area (Å²) in [6.07, 6.45) is 0.523. The van der Waals surface area contributed by atoms with Gasteiger partial charge in [-0.2, -0.15) is 13.2 Å². The van der Waals surface area contributed by atoms with Crippen LogP contribution in [0.1, 0.15) is 24.5 Å². The maximum absolute atomic E-state index is 13.3. The summed E-state index contributed by atoms with van der Waals surface area (Å²) in [5.74, 6) is 0.178. The van der Waals surface area contributed by atoms with Gasteiger partial charge in [-0.25, -0.2) is 22.3 Å². The van der Waals surface area contributed by atoms with Crippen molar-refractivity contribution >= 4 is 21.2 Å². The number of H-pyrrole nitrogens is 1. The largest absolute Gasteiger partial charge is 0.457 e. The van der Waals surface area contributed by atoms with E-state index < -0.39 is 40.2 Å². The molecule has 4 rings (SSSR count). The van der Waals surface area contributed by atoms with E-state index in [0.29, 0.717) is 16.8 Å². The lowest BCUT2D eigenvalue weighted by Crippen LogP contribution is -2.28. The quantitative estimate of drug-likeness (QED) is 0.458. The van der Waals surface area contributed by atoms with Crippen LogP contribution in [0.4, 0.5) is 27.8 Å². The van der Waals surface area contributed by atoms with Crippen LogP contribution in [0.3, 0.4) is 0 Å². The maximum Gasteiger partial charge on any atom is 0.416 e. The molecule has 1 aromatic carbocycles. The molecule has 2 aliphatic rings. The van der Waals surface area contributed by atoms with Gasteiger partial charge >= 0.3 is 6.18 Å². The summed E-state index contributed by atoms with van der Waals surface area (Å²) in [5.41, 5.74) is 0.553. The molecule has 6 nitrogen and oxygen atoms in total. The molecule has 0 radical (unpaired) electrons. The van der Waals surface area contributed by atoms with Gasteiger partial charge < -0.3 is 9.72 Å². The average Bonchev–Trinajstić information content (AvgIpc) is 3.32. The van der Waals surface area contributed by atoms with Gasteiger partial charge in [0.1, 0.15) is 35.9 Å². The summed E-state index contributed by atoms with van der Waals surface area (Å²) >= 11 is 0. The Morgan fingerprint density at radius 2 is 1.89 bits per heavy atom. The molecular formula is C24H21F5N2O4S. The van der Waals surface area contributed by atoms with Crippen molar-refractivity contribution in [3.05, 3.63) is 87.8 Å². The monoisotopic (exact) mass is 528 g/mol. The van der Waals surface area contributed by atoms with Gasteiger partial charge in [0.05, 0.1) is 5.56 Å². The number of nitrogens with zero attached hydrogens (tertiary/aromatic N) is 1. The number of benzene rings is 1. The molecule has 0 unspecified atom stereocenters. The predicted octanol–water partition coefficient (Wildman–Crippen LogP) is 5.87. The van der Waals surface area contributed by atoms with Crippen LogP contribution < -0.4 is 9.80 Å². The summed E-state index contributed by atoms with van der Waals surface area (Å²) in [4.78, 5) is 2.59. The van der Waals surface area contributed by atoms with Crippen LogP contribution in [-0.4, -0.2) is 37.2 Å². The van der Waals surface area contributed by atoms with Gasteiger partial charge in [0.15, 0.2) is 9.84 Å². The van der Waals surface area contributed by atoms with Crippen LogP contribution in [0.2, 0.25) is 0 Å². The number of aromatic nitrogens is 1. The fraction of sp³-hybridized carbons (Fsp3) is 0.250. The van der Waals surface area contributed by atoms with E-state index in [0.717, 1.165) is 23.3 Å². The number of hydrogen-bond donors (Lipinski definition) is 2. The van der Waals surface area contributed by atoms with Crippen LogP contribution in [0, 0.1) is 0 Å². The molecule has 0 bridgehead atoms. The molecule has 1 aliphatic carbocycles. The Labute approximate surface area is 203 Å². The second-order valence-corrected chi connectivity index (χ2v) is 10.5. The van der Waals surface area contributed by atoms with Gasteiger partial charge in [0.25, 0.3) is 0 Å². The van der Waals surface area contributed by atoms with E-state index in [9.17, 15) is 35.6 Å². The van der Waals surface area contributed by atoms with Crippen LogP contribution in [0.25, 0.3) is 5.57 Å². The number of fused-ring (bicyclic) bond motifs is 1. The number of rotatable bonds is 6. The lowest BCUT2D eigenvalue weighted by molar-refractivity contribution is -0.137. The van der Waals surface area contributed by atoms with Crippen molar-refractivity contribution < 1.29 is 40.3 Å². The zero-order valence-corrected chi connectivity index (χ0v) is 19.6. The third-order valence-electron chi connectivity index (χ3n) is 5.85. The summed E-state index contributed by atoms with van der Waals surface area (Å²) in [6, 6.07) is 5.79. The number of nitrogens with one attached hydrogen (secondary N) is 1. The first-order valence-corrected chi connectivity index (χ1v) is 12.2. The Bertz CT molecular complexity index is 1400. The highest BCUT2D eigenvalue weighted by Gasteiger charge is 2.35. The number of aromatic amines is 1. The number of halogens is 5. The van der Waals surface area contributed by atoms with Gasteiger partial charge in [-0.15, -0.1) is 0 Å². The molecule has 0 saturated heterocycles. The Balaban J connectivity index is 1.87. The Kier molecular flexibility index (Phi) is 6.84. The minimum absolute atomic E-state index is 0.0444. The Morgan fingerprint density at radius 1 is 1.17 bits per heavy atom. The number of ether oxygens (including phenoxy) is 1. The molecule has 12 heteroatoms. The summed E-state index contributed by atoms with van der Waals surface area (Å²) in [6.45, 7) is -1.25. The SMILES string of the molecule is CC1=CC(=C2CC(S(=O)(=O)C(CF)CF)=CC=C2Oc2cccc(C(F)(F)F)c2)c2cc[nH]c2N1O. The van der Waals surface area contributed by atoms with Crippen LogP contribution >= 0.6 is 0 Å². The van der Waals surface area contributed by atoms with E-state index in [1.165, 1.54) is 24.4 Å². The van der Waals surface area contributed by atoms with Crippen LogP contribution in [-0.2, 0) is 16.0 Å². The van der Waals surface area contributed by atoms with E-state index in [1.807, 2.05) is 0 Å². The van der Waals surface area contributed by atoms with Gasteiger partial charge in [-0.05, 0) is 55.0 Å². The van der Waals surface area contributed by atoms with Crippen molar-refractivity contribution in [1.29, 1.82) is 0 Å². The van der Waals surface area contributed by atoms with Crippen molar-refractivity contribution in [1.82, 2.24) is 4.98 Å². The van der Waals surface area contributed by atoms with Crippen molar-refractivity contribution in [3.63, 3.8) is 0 Å². The number of anilines is 1. The molecule has 2 aromatic rings. The standard InChI is InChI=1S/C24H21F5N2O4S/c1-14-9-20(19-7-8-30-23(19)31(14)32)21-11-17(36(33,34)18(12-25)13-26)5-6-22(21)35-16-4-2-3-15(10-16)24(27,28)29/h2-10,18,30,32H,11-13H2,1H3. The zero-order chi connectivity index (χ0) is 26.3. The van der Waals surface area contributed by atoms with Crippen LogP contribution in [0.5, 0.6) is 5.75 Å². The molecule has 0 saturated carbocycles. The van der Waals surface area contributed by atoms with E-state index >= 15 is 0 Å². The van der Waals surface area contributed by atoms with E-state index in [4.69, 9.17) is 4.74 Å². The van der Waals surface area contributed by atoms with E-state index in [-0.39, 0.29) is 34.2 Å². The summed E-state index contributed by atoms with van der Waals surface area (Å²) in [7, 11) is -4.37. The van der Waals surface area contributed by atoms with Crippen molar-refractivity contribution in [2.24, 2.45) is 0 Å². The number of hydroxylamine groups is 1. The minimum atomic E-state index is -4.61. The molecule has 192 valence electrons. The summed E-state index contributed by atoms with van der Waals surface area (Å²) < 4.78 is 97.6. The Morgan fingerprint density at radius 3 is 2.56 bits per heavy atom. The van der Waals surface area contributed by atoms with E-state index in [2.05, 4.69) is 4.98 Å². The van der Waals surface area contributed by atoms with Gasteiger partial charge in [-0.1, -0.05) is 6.07 Å². The molecule has 36 heavy (non-hydrogen) atoms. The molecular weight excluding hydrogens is 507 g/mol. The first-order chi connectivity index (χ1) is 17.0. The third kappa shape index (κ3) is 4.70. The lowest BCUT2D eigenvalue weighted by atomic mass is 9.92. The third-order valence-corrected chi connectivity index (χ3v) is 7.99. The zero-order valence-electron chi connectivity index (χ0n) is 18.8. The minimum Gasteiger partial charge on any atom is -0.457 e. The van der Waals surface area contributed by atoms with Gasteiger partial charge in [-0.3, -0.25) is 5.21 Å². The normalized spacial score (nSPS) is 18.6. The molecule has 0 atom stereocenters. The number of allylic oxidation sites excluding steroid dienone is 7. The topological polar surface area (TPSA) is 82.6 Å². The highest BCUT2D eigenvalue weighted by molar-refractivity contribution is 7.95. The predicted molar refractivity (Wildman–Crippen MR) is 123 cm³/mol. The van der Waals surface area contributed by atoms with Crippen molar-refractivity contribution in [2.75, 3.05) is 18.4 Å². The van der Waals surface area contributed by atoms with Gasteiger partial charge in [0, 0.05) is 34.4 Å².